The van der Waals surface area contributed by atoms with Crippen LogP contribution < -0.4 is 10.6 Å². The molecular weight excluding hydrogens is 176 g/mol. The number of nitrogen functional groups attached to an aromatic ring is 1. The summed E-state index contributed by atoms with van der Waals surface area (Å²) in [6.45, 7) is 6.11. The molecule has 0 aliphatic rings. The number of aromatic nitrogens is 1. The summed E-state index contributed by atoms with van der Waals surface area (Å²) < 4.78 is 0. The Morgan fingerprint density at radius 2 is 2.07 bits per heavy atom. The van der Waals surface area contributed by atoms with Crippen molar-refractivity contribution in [2.75, 3.05) is 18.0 Å². The van der Waals surface area contributed by atoms with Crippen molar-refractivity contribution in [3.8, 4) is 0 Å². The van der Waals surface area contributed by atoms with Gasteiger partial charge in [-0.1, -0.05) is 0 Å². The van der Waals surface area contributed by atoms with Crippen LogP contribution >= 0.6 is 0 Å². The number of nitrogens with two attached hydrogens (primary N) is 1. The Hall–Kier alpha value is -1.58. The number of hydrogen-bond acceptors (Lipinski definition) is 3. The molecule has 0 aromatic carbocycles. The van der Waals surface area contributed by atoms with Crippen molar-refractivity contribution in [3.63, 3.8) is 0 Å². The van der Waals surface area contributed by atoms with Gasteiger partial charge in [0.1, 0.15) is 11.5 Å². The van der Waals surface area contributed by atoms with Crippen LogP contribution in [-0.4, -0.2) is 23.9 Å². The zero-order chi connectivity index (χ0) is 10.6. The van der Waals surface area contributed by atoms with Gasteiger partial charge in [0.05, 0.1) is 11.9 Å². The molecule has 1 heterocycles. The lowest BCUT2D eigenvalue weighted by Crippen LogP contribution is -2.22. The fourth-order valence-corrected chi connectivity index (χ4v) is 1.32. The van der Waals surface area contributed by atoms with Gasteiger partial charge >= 0.3 is 0 Å². The predicted molar refractivity (Wildman–Crippen MR) is 58.8 cm³/mol. The van der Waals surface area contributed by atoms with Crippen LogP contribution in [0.3, 0.4) is 0 Å². The Bertz CT molecular complexity index is 300. The minimum Gasteiger partial charge on any atom is -0.382 e. The summed E-state index contributed by atoms with van der Waals surface area (Å²) in [5.74, 6) is 0.0103. The third kappa shape index (κ3) is 2.22. The fraction of sp³-hybridized carbons (Fsp3) is 0.400. The molecule has 0 radical (unpaired) electrons. The highest BCUT2D eigenvalue weighted by atomic mass is 15.1. The molecule has 4 nitrogen and oxygen atoms in total. The molecule has 1 rings (SSSR count). The quantitative estimate of drug-likeness (QED) is 0.556. The topological polar surface area (TPSA) is 66.0 Å². The van der Waals surface area contributed by atoms with E-state index >= 15 is 0 Å². The molecular formula is C10H16N4. The summed E-state index contributed by atoms with van der Waals surface area (Å²) in [7, 11) is 0. The van der Waals surface area contributed by atoms with E-state index in [0.717, 1.165) is 18.8 Å². The first-order chi connectivity index (χ1) is 6.69. The minimum atomic E-state index is 0.0103. The van der Waals surface area contributed by atoms with E-state index in [1.165, 1.54) is 0 Å². The van der Waals surface area contributed by atoms with E-state index in [1.54, 1.807) is 12.3 Å². The summed E-state index contributed by atoms with van der Waals surface area (Å²) in [6.07, 6.45) is 1.75. The highest BCUT2D eigenvalue weighted by Crippen LogP contribution is 2.11. The summed E-state index contributed by atoms with van der Waals surface area (Å²) >= 11 is 0. The Morgan fingerprint density at radius 1 is 1.43 bits per heavy atom. The maximum absolute atomic E-state index is 7.20. The molecule has 76 valence electrons. The molecule has 3 N–H and O–H groups in total. The van der Waals surface area contributed by atoms with Gasteiger partial charge in [0.15, 0.2) is 0 Å². The van der Waals surface area contributed by atoms with Crippen LogP contribution in [0.5, 0.6) is 0 Å². The molecule has 0 bridgehead atoms. The Kier molecular flexibility index (Phi) is 3.45. The smallest absolute Gasteiger partial charge is 0.141 e. The largest absolute Gasteiger partial charge is 0.382 e. The third-order valence-corrected chi connectivity index (χ3v) is 2.15. The van der Waals surface area contributed by atoms with E-state index in [2.05, 4.69) is 23.7 Å². The maximum atomic E-state index is 7.20. The van der Waals surface area contributed by atoms with Gasteiger partial charge in [-0.15, -0.1) is 0 Å². The van der Waals surface area contributed by atoms with Gasteiger partial charge in [0.2, 0.25) is 0 Å². The monoisotopic (exact) mass is 192 g/mol. The number of nitrogens with zero attached hydrogens (tertiary/aromatic N) is 2. The number of amidine groups is 1. The molecule has 0 aliphatic heterocycles. The Balaban J connectivity index is 2.87. The SMILES string of the molecule is CCN(CC)c1ccc(C(=N)N)nc1. The second-order valence-electron chi connectivity index (χ2n) is 2.99. The van der Waals surface area contributed by atoms with E-state index < -0.39 is 0 Å². The van der Waals surface area contributed by atoms with Crippen molar-refractivity contribution < 1.29 is 0 Å². The summed E-state index contributed by atoms with van der Waals surface area (Å²) in [4.78, 5) is 6.30. The van der Waals surface area contributed by atoms with Crippen LogP contribution in [0.2, 0.25) is 0 Å². The van der Waals surface area contributed by atoms with Crippen LogP contribution in [-0.2, 0) is 0 Å². The van der Waals surface area contributed by atoms with Crippen molar-refractivity contribution in [2.24, 2.45) is 5.73 Å². The van der Waals surface area contributed by atoms with Crippen molar-refractivity contribution in [3.05, 3.63) is 24.0 Å². The van der Waals surface area contributed by atoms with Gasteiger partial charge < -0.3 is 10.6 Å². The Labute approximate surface area is 84.3 Å². The summed E-state index contributed by atoms with van der Waals surface area (Å²) in [5.41, 5.74) is 6.91. The molecule has 14 heavy (non-hydrogen) atoms. The summed E-state index contributed by atoms with van der Waals surface area (Å²) in [5, 5.41) is 7.20. The summed E-state index contributed by atoms with van der Waals surface area (Å²) in [6, 6.07) is 3.72. The lowest BCUT2D eigenvalue weighted by molar-refractivity contribution is 0.862. The van der Waals surface area contributed by atoms with Crippen molar-refractivity contribution in [1.82, 2.24) is 4.98 Å². The predicted octanol–water partition coefficient (Wildman–Crippen LogP) is 1.21. The van der Waals surface area contributed by atoms with Crippen LogP contribution in [0.4, 0.5) is 5.69 Å². The number of nitrogens with one attached hydrogen (secondary N) is 1. The van der Waals surface area contributed by atoms with E-state index in [1.807, 2.05) is 6.07 Å². The molecule has 0 unspecified atom stereocenters. The highest BCUT2D eigenvalue weighted by Gasteiger charge is 2.02. The number of anilines is 1. The molecule has 0 amide bonds. The van der Waals surface area contributed by atoms with Gasteiger partial charge in [-0.3, -0.25) is 10.4 Å². The molecule has 4 heteroatoms. The van der Waals surface area contributed by atoms with Crippen LogP contribution in [0.25, 0.3) is 0 Å². The van der Waals surface area contributed by atoms with E-state index in [-0.39, 0.29) is 5.84 Å². The second kappa shape index (κ2) is 4.60. The molecule has 0 spiro atoms. The average Bonchev–Trinajstić information content (AvgIpc) is 2.20. The molecule has 1 aromatic heterocycles. The van der Waals surface area contributed by atoms with Gasteiger partial charge in [0.25, 0.3) is 0 Å². The lowest BCUT2D eigenvalue weighted by Gasteiger charge is -2.20. The van der Waals surface area contributed by atoms with Crippen molar-refractivity contribution in [1.29, 1.82) is 5.41 Å². The molecule has 0 saturated heterocycles. The zero-order valence-electron chi connectivity index (χ0n) is 8.62. The number of rotatable bonds is 4. The Morgan fingerprint density at radius 3 is 2.43 bits per heavy atom. The lowest BCUT2D eigenvalue weighted by atomic mass is 10.3. The van der Waals surface area contributed by atoms with E-state index in [9.17, 15) is 0 Å². The normalized spacial score (nSPS) is 9.86. The first kappa shape index (κ1) is 10.5. The van der Waals surface area contributed by atoms with Gasteiger partial charge in [-0.05, 0) is 26.0 Å². The number of hydrogen-bond donors (Lipinski definition) is 2. The first-order valence-corrected chi connectivity index (χ1v) is 4.74. The van der Waals surface area contributed by atoms with E-state index in [0.29, 0.717) is 5.69 Å². The van der Waals surface area contributed by atoms with Gasteiger partial charge in [-0.2, -0.15) is 0 Å². The molecule has 0 aliphatic carbocycles. The second-order valence-corrected chi connectivity index (χ2v) is 2.99. The fourth-order valence-electron chi connectivity index (χ4n) is 1.32. The van der Waals surface area contributed by atoms with Gasteiger partial charge in [0, 0.05) is 13.1 Å². The third-order valence-electron chi connectivity index (χ3n) is 2.15. The zero-order valence-corrected chi connectivity index (χ0v) is 8.62. The van der Waals surface area contributed by atoms with Crippen LogP contribution in [0.1, 0.15) is 19.5 Å². The standard InChI is InChI=1S/C10H16N4/c1-3-14(4-2)8-5-6-9(10(11)12)13-7-8/h5-7H,3-4H2,1-2H3,(H3,11,12). The number of pyridine rings is 1. The minimum absolute atomic E-state index is 0.0103. The van der Waals surface area contributed by atoms with Crippen molar-refractivity contribution in [2.45, 2.75) is 13.8 Å². The molecule has 0 fully saturated rings. The maximum Gasteiger partial charge on any atom is 0.141 e. The molecule has 1 aromatic rings. The average molecular weight is 192 g/mol. The van der Waals surface area contributed by atoms with Crippen LogP contribution in [0, 0.1) is 5.41 Å². The van der Waals surface area contributed by atoms with Gasteiger partial charge in [-0.25, -0.2) is 0 Å². The molecule has 0 atom stereocenters. The first-order valence-electron chi connectivity index (χ1n) is 4.74. The van der Waals surface area contributed by atoms with Crippen LogP contribution in [0.15, 0.2) is 18.3 Å². The highest BCUT2D eigenvalue weighted by molar-refractivity contribution is 5.93. The van der Waals surface area contributed by atoms with Crippen molar-refractivity contribution >= 4 is 11.5 Å². The molecule has 0 saturated carbocycles. The van der Waals surface area contributed by atoms with E-state index in [4.69, 9.17) is 11.1 Å².